The molecule has 2 rings (SSSR count). The molecule has 178 valence electrons. The van der Waals surface area contributed by atoms with Gasteiger partial charge in [-0.3, -0.25) is 9.59 Å². The Morgan fingerprint density at radius 2 is 1.88 bits per heavy atom. The van der Waals surface area contributed by atoms with Crippen LogP contribution in [0.2, 0.25) is 0 Å². The lowest BCUT2D eigenvalue weighted by atomic mass is 9.86. The van der Waals surface area contributed by atoms with Crippen LogP contribution in [0.3, 0.4) is 0 Å². The van der Waals surface area contributed by atoms with E-state index < -0.39 is 30.0 Å². The predicted molar refractivity (Wildman–Crippen MR) is 116 cm³/mol. The van der Waals surface area contributed by atoms with Crippen molar-refractivity contribution in [3.8, 4) is 11.5 Å². The van der Waals surface area contributed by atoms with Crippen molar-refractivity contribution >= 4 is 17.8 Å². The van der Waals surface area contributed by atoms with Gasteiger partial charge in [-0.1, -0.05) is 20.3 Å². The number of carbonyl (C=O) groups is 3. The fourth-order valence-electron chi connectivity index (χ4n) is 3.37. The van der Waals surface area contributed by atoms with Crippen LogP contribution >= 0.6 is 0 Å². The highest BCUT2D eigenvalue weighted by molar-refractivity contribution is 5.98. The number of hydrogen-bond donors (Lipinski definition) is 1. The third-order valence-corrected chi connectivity index (χ3v) is 5.44. The van der Waals surface area contributed by atoms with Crippen molar-refractivity contribution in [2.45, 2.75) is 72.1 Å². The molecule has 0 radical (unpaired) electrons. The fourth-order valence-corrected chi connectivity index (χ4v) is 3.37. The molecule has 0 spiro atoms. The van der Waals surface area contributed by atoms with Gasteiger partial charge in [0.1, 0.15) is 12.1 Å². The normalized spacial score (nSPS) is 16.5. The molecular weight excluding hydrogens is 416 g/mol. The molecule has 1 amide bonds. The minimum absolute atomic E-state index is 0.0360. The van der Waals surface area contributed by atoms with Gasteiger partial charge in [-0.2, -0.15) is 0 Å². The topological polar surface area (TPSA) is 113 Å². The maximum Gasteiger partial charge on any atom is 0.328 e. The van der Waals surface area contributed by atoms with Gasteiger partial charge in [0.15, 0.2) is 11.4 Å². The number of esters is 2. The molecule has 1 aromatic heterocycles. The number of amides is 1. The third kappa shape index (κ3) is 6.91. The van der Waals surface area contributed by atoms with E-state index >= 15 is 0 Å². The molecule has 1 fully saturated rings. The van der Waals surface area contributed by atoms with Crippen LogP contribution in [-0.4, -0.2) is 54.8 Å². The first-order valence-corrected chi connectivity index (χ1v) is 11.0. The summed E-state index contributed by atoms with van der Waals surface area (Å²) in [6, 6.07) is 0.506. The lowest BCUT2D eigenvalue weighted by molar-refractivity contribution is -0.163. The second kappa shape index (κ2) is 11.8. The number of aromatic nitrogens is 1. The number of hydrogen-bond acceptors (Lipinski definition) is 8. The molecule has 1 saturated carbocycles. The first kappa shape index (κ1) is 25.6. The van der Waals surface area contributed by atoms with Crippen LogP contribution in [0.5, 0.6) is 11.5 Å². The van der Waals surface area contributed by atoms with E-state index in [1.54, 1.807) is 0 Å². The molecule has 9 heteroatoms. The van der Waals surface area contributed by atoms with Crippen LogP contribution in [0.25, 0.3) is 0 Å². The van der Waals surface area contributed by atoms with Crippen LogP contribution in [0.4, 0.5) is 0 Å². The average Bonchev–Trinajstić information content (AvgIpc) is 2.69. The van der Waals surface area contributed by atoms with Gasteiger partial charge in [0.05, 0.1) is 13.2 Å². The third-order valence-electron chi connectivity index (χ3n) is 5.44. The average molecular weight is 451 g/mol. The highest BCUT2D eigenvalue weighted by Gasteiger charge is 2.31. The summed E-state index contributed by atoms with van der Waals surface area (Å²) in [5.74, 6) is -1.23. The molecule has 32 heavy (non-hydrogen) atoms. The van der Waals surface area contributed by atoms with E-state index in [-0.39, 0.29) is 29.2 Å². The zero-order chi connectivity index (χ0) is 23.8. The van der Waals surface area contributed by atoms with E-state index in [4.69, 9.17) is 18.9 Å². The summed E-state index contributed by atoms with van der Waals surface area (Å²) < 4.78 is 21.9. The van der Waals surface area contributed by atoms with Crippen LogP contribution in [0.15, 0.2) is 12.3 Å². The van der Waals surface area contributed by atoms with Crippen molar-refractivity contribution in [2.24, 2.45) is 11.8 Å². The summed E-state index contributed by atoms with van der Waals surface area (Å²) in [6.45, 7) is 9.18. The first-order chi connectivity index (χ1) is 15.1. The molecule has 0 aromatic carbocycles. The molecule has 0 bridgehead atoms. The predicted octanol–water partition coefficient (Wildman–Crippen LogP) is 2.91. The molecule has 1 aliphatic carbocycles. The Bertz CT molecular complexity index is 808. The van der Waals surface area contributed by atoms with E-state index in [9.17, 15) is 14.4 Å². The SMILES string of the molecule is COc1ccnc(C(=O)N[C@@H](C)C(=O)O[C@H](C(C)C)[C@H](C)OCC2CCC2)c1OC(C)=O. The Hall–Kier alpha value is -2.68. The van der Waals surface area contributed by atoms with Gasteiger partial charge in [-0.05, 0) is 38.5 Å². The molecule has 0 aliphatic heterocycles. The second-order valence-corrected chi connectivity index (χ2v) is 8.46. The van der Waals surface area contributed by atoms with Gasteiger partial charge in [0, 0.05) is 25.8 Å². The molecule has 0 saturated heterocycles. The second-order valence-electron chi connectivity index (χ2n) is 8.46. The molecule has 1 heterocycles. The van der Waals surface area contributed by atoms with Crippen LogP contribution in [0.1, 0.15) is 64.4 Å². The van der Waals surface area contributed by atoms with E-state index in [0.29, 0.717) is 12.5 Å². The monoisotopic (exact) mass is 450 g/mol. The Labute approximate surface area is 189 Å². The first-order valence-electron chi connectivity index (χ1n) is 11.0. The number of pyridine rings is 1. The van der Waals surface area contributed by atoms with Gasteiger partial charge in [0.2, 0.25) is 5.75 Å². The summed E-state index contributed by atoms with van der Waals surface area (Å²) in [4.78, 5) is 40.9. The van der Waals surface area contributed by atoms with Crippen LogP contribution < -0.4 is 14.8 Å². The van der Waals surface area contributed by atoms with Crippen molar-refractivity contribution in [1.82, 2.24) is 10.3 Å². The smallest absolute Gasteiger partial charge is 0.328 e. The Balaban J connectivity index is 2.02. The van der Waals surface area contributed by atoms with Crippen LogP contribution in [-0.2, 0) is 19.1 Å². The zero-order valence-corrected chi connectivity index (χ0v) is 19.7. The zero-order valence-electron chi connectivity index (χ0n) is 19.7. The van der Waals surface area contributed by atoms with Gasteiger partial charge < -0.3 is 24.3 Å². The molecule has 1 aromatic rings. The van der Waals surface area contributed by atoms with Gasteiger partial charge >= 0.3 is 11.9 Å². The number of carbonyl (C=O) groups excluding carboxylic acids is 3. The maximum atomic E-state index is 12.7. The highest BCUT2D eigenvalue weighted by Crippen LogP contribution is 2.30. The van der Waals surface area contributed by atoms with Gasteiger partial charge in [-0.25, -0.2) is 9.78 Å². The maximum absolute atomic E-state index is 12.7. The number of nitrogens with zero attached hydrogens (tertiary/aromatic N) is 1. The fraction of sp³-hybridized carbons (Fsp3) is 0.652. The largest absolute Gasteiger partial charge is 0.493 e. The Morgan fingerprint density at radius 3 is 2.41 bits per heavy atom. The molecule has 3 atom stereocenters. The molecule has 1 aliphatic rings. The van der Waals surface area contributed by atoms with Crippen molar-refractivity contribution in [2.75, 3.05) is 13.7 Å². The van der Waals surface area contributed by atoms with E-state index in [0.717, 1.165) is 0 Å². The van der Waals surface area contributed by atoms with Crippen molar-refractivity contribution in [1.29, 1.82) is 0 Å². The van der Waals surface area contributed by atoms with E-state index in [2.05, 4.69) is 10.3 Å². The standard InChI is InChI=1S/C23H34N2O7/c1-13(2)20(15(4)30-12-17-8-7-9-17)32-23(28)14(3)25-22(27)19-21(31-16(5)26)18(29-6)10-11-24-19/h10-11,13-15,17,20H,7-9,12H2,1-6H3,(H,25,27)/t14-,15-,20+/m0/s1. The molecular formula is C23H34N2O7. The summed E-state index contributed by atoms with van der Waals surface area (Å²) in [5, 5.41) is 2.55. The summed E-state index contributed by atoms with van der Waals surface area (Å²) >= 11 is 0. The summed E-state index contributed by atoms with van der Waals surface area (Å²) in [5.41, 5.74) is -0.170. The lowest BCUT2D eigenvalue weighted by Gasteiger charge is -2.32. The number of ether oxygens (including phenoxy) is 4. The Morgan fingerprint density at radius 1 is 1.19 bits per heavy atom. The number of methoxy groups -OCH3 is 1. The van der Waals surface area contributed by atoms with Crippen molar-refractivity contribution in [3.05, 3.63) is 18.0 Å². The molecule has 0 unspecified atom stereocenters. The number of rotatable bonds is 11. The van der Waals surface area contributed by atoms with E-state index in [1.165, 1.54) is 52.5 Å². The summed E-state index contributed by atoms with van der Waals surface area (Å²) in [7, 11) is 1.38. The quantitative estimate of drug-likeness (QED) is 0.512. The Kier molecular flexibility index (Phi) is 9.43. The van der Waals surface area contributed by atoms with Crippen LogP contribution in [0, 0.1) is 11.8 Å². The minimum atomic E-state index is -0.958. The lowest BCUT2D eigenvalue weighted by Crippen LogP contribution is -2.44. The van der Waals surface area contributed by atoms with Crippen molar-refractivity contribution < 1.29 is 33.3 Å². The van der Waals surface area contributed by atoms with Gasteiger partial charge in [0.25, 0.3) is 5.91 Å². The molecule has 9 nitrogen and oxygen atoms in total. The van der Waals surface area contributed by atoms with Crippen molar-refractivity contribution in [3.63, 3.8) is 0 Å². The summed E-state index contributed by atoms with van der Waals surface area (Å²) in [6.07, 6.45) is 4.22. The molecule has 1 N–H and O–H groups in total. The van der Waals surface area contributed by atoms with Gasteiger partial charge in [-0.15, -0.1) is 0 Å². The minimum Gasteiger partial charge on any atom is -0.493 e. The highest BCUT2D eigenvalue weighted by atomic mass is 16.6. The number of nitrogens with one attached hydrogen (secondary N) is 1. The van der Waals surface area contributed by atoms with E-state index in [1.807, 2.05) is 20.8 Å².